The number of benzene rings is 1. The number of aliphatic hydroxyl groups is 1. The summed E-state index contributed by atoms with van der Waals surface area (Å²) in [7, 11) is 4.04. The summed E-state index contributed by atoms with van der Waals surface area (Å²) < 4.78 is 34.5. The van der Waals surface area contributed by atoms with Crippen molar-refractivity contribution in [2.75, 3.05) is 46.9 Å². The number of alkyl halides is 2. The fourth-order valence-electron chi connectivity index (χ4n) is 2.58. The SMILES string of the molecule is CCNC(=NCC(CCN(C)C)OCC)NCC(O)c1ccc(OC(F)F)cc1.I. The van der Waals surface area contributed by atoms with Crippen molar-refractivity contribution < 1.29 is 23.4 Å². The number of aliphatic imine (C=N–C) groups is 1. The van der Waals surface area contributed by atoms with E-state index in [-0.39, 0.29) is 42.4 Å². The maximum absolute atomic E-state index is 12.2. The van der Waals surface area contributed by atoms with Crippen LogP contribution in [0.15, 0.2) is 29.3 Å². The maximum Gasteiger partial charge on any atom is 0.387 e. The van der Waals surface area contributed by atoms with Gasteiger partial charge in [-0.1, -0.05) is 12.1 Å². The normalized spacial score (nSPS) is 13.7. The molecule has 0 aromatic heterocycles. The molecule has 0 fully saturated rings. The van der Waals surface area contributed by atoms with Crippen LogP contribution in [0.25, 0.3) is 0 Å². The zero-order valence-electron chi connectivity index (χ0n) is 18.1. The number of hydrogen-bond donors (Lipinski definition) is 3. The molecule has 10 heteroatoms. The molecule has 0 aliphatic heterocycles. The van der Waals surface area contributed by atoms with Crippen molar-refractivity contribution in [2.45, 2.75) is 39.1 Å². The summed E-state index contributed by atoms with van der Waals surface area (Å²) in [6, 6.07) is 5.92. The molecule has 7 nitrogen and oxygen atoms in total. The Morgan fingerprint density at radius 3 is 2.37 bits per heavy atom. The Labute approximate surface area is 195 Å². The van der Waals surface area contributed by atoms with Gasteiger partial charge >= 0.3 is 6.61 Å². The van der Waals surface area contributed by atoms with Crippen molar-refractivity contribution >= 4 is 29.9 Å². The predicted molar refractivity (Wildman–Crippen MR) is 126 cm³/mol. The molecule has 1 aromatic rings. The van der Waals surface area contributed by atoms with Gasteiger partial charge < -0.3 is 30.1 Å². The third-order valence-electron chi connectivity index (χ3n) is 4.05. The van der Waals surface area contributed by atoms with Gasteiger partial charge in [-0.25, -0.2) is 0 Å². The van der Waals surface area contributed by atoms with Crippen molar-refractivity contribution in [1.29, 1.82) is 0 Å². The highest BCUT2D eigenvalue weighted by molar-refractivity contribution is 14.0. The maximum atomic E-state index is 12.2. The first-order chi connectivity index (χ1) is 13.8. The average molecular weight is 544 g/mol. The first kappa shape index (κ1) is 28.8. The monoisotopic (exact) mass is 544 g/mol. The van der Waals surface area contributed by atoms with Crippen LogP contribution in [-0.4, -0.2) is 75.6 Å². The van der Waals surface area contributed by atoms with E-state index < -0.39 is 12.7 Å². The summed E-state index contributed by atoms with van der Waals surface area (Å²) in [6.45, 7) is 3.99. The average Bonchev–Trinajstić information content (AvgIpc) is 2.67. The van der Waals surface area contributed by atoms with E-state index in [1.807, 2.05) is 27.9 Å². The van der Waals surface area contributed by atoms with Crippen LogP contribution < -0.4 is 15.4 Å². The molecule has 1 aromatic carbocycles. The van der Waals surface area contributed by atoms with Crippen LogP contribution in [0.4, 0.5) is 8.78 Å². The summed E-state index contributed by atoms with van der Waals surface area (Å²) in [5.41, 5.74) is 0.591. The lowest BCUT2D eigenvalue weighted by molar-refractivity contribution is -0.0498. The molecule has 0 saturated heterocycles. The number of aliphatic hydroxyl groups excluding tert-OH is 1. The molecule has 3 N–H and O–H groups in total. The molecule has 2 atom stereocenters. The Bertz CT molecular complexity index is 592. The molecule has 0 aliphatic rings. The van der Waals surface area contributed by atoms with Gasteiger partial charge in [0, 0.05) is 26.2 Å². The Kier molecular flexibility index (Phi) is 15.8. The number of nitrogens with one attached hydrogen (secondary N) is 2. The third kappa shape index (κ3) is 12.5. The lowest BCUT2D eigenvalue weighted by atomic mass is 10.1. The quantitative estimate of drug-likeness (QED) is 0.202. The van der Waals surface area contributed by atoms with Crippen molar-refractivity contribution in [1.82, 2.24) is 15.5 Å². The second kappa shape index (κ2) is 16.5. The van der Waals surface area contributed by atoms with Crippen LogP contribution in [0, 0.1) is 0 Å². The van der Waals surface area contributed by atoms with Gasteiger partial charge in [0.1, 0.15) is 5.75 Å². The molecule has 0 heterocycles. The molecular formula is C20H35F2IN4O3. The summed E-state index contributed by atoms with van der Waals surface area (Å²) in [4.78, 5) is 6.66. The molecule has 174 valence electrons. The molecule has 0 radical (unpaired) electrons. The summed E-state index contributed by atoms with van der Waals surface area (Å²) >= 11 is 0. The van der Waals surface area contributed by atoms with E-state index in [0.29, 0.717) is 31.2 Å². The number of ether oxygens (including phenoxy) is 2. The van der Waals surface area contributed by atoms with E-state index >= 15 is 0 Å². The number of halogens is 3. The summed E-state index contributed by atoms with van der Waals surface area (Å²) in [5.74, 6) is 0.636. The fourth-order valence-corrected chi connectivity index (χ4v) is 2.58. The second-order valence-corrected chi connectivity index (χ2v) is 6.73. The van der Waals surface area contributed by atoms with Crippen LogP contribution in [0.2, 0.25) is 0 Å². The highest BCUT2D eigenvalue weighted by atomic mass is 127. The van der Waals surface area contributed by atoms with Gasteiger partial charge in [-0.15, -0.1) is 24.0 Å². The van der Waals surface area contributed by atoms with Crippen LogP contribution in [-0.2, 0) is 4.74 Å². The molecule has 0 bridgehead atoms. The summed E-state index contributed by atoms with van der Waals surface area (Å²) in [6.07, 6.45) is 0.0698. The second-order valence-electron chi connectivity index (χ2n) is 6.73. The van der Waals surface area contributed by atoms with Crippen LogP contribution in [0.1, 0.15) is 31.9 Å². The molecule has 0 aliphatic carbocycles. The van der Waals surface area contributed by atoms with Crippen LogP contribution in [0.5, 0.6) is 5.75 Å². The zero-order chi connectivity index (χ0) is 21.6. The number of guanidine groups is 1. The molecule has 2 unspecified atom stereocenters. The van der Waals surface area contributed by atoms with Crippen molar-refractivity contribution in [3.05, 3.63) is 29.8 Å². The van der Waals surface area contributed by atoms with E-state index in [9.17, 15) is 13.9 Å². The first-order valence-electron chi connectivity index (χ1n) is 9.87. The van der Waals surface area contributed by atoms with E-state index in [1.54, 1.807) is 12.1 Å². The number of hydrogen-bond acceptors (Lipinski definition) is 5. The molecule has 0 spiro atoms. The third-order valence-corrected chi connectivity index (χ3v) is 4.05. The predicted octanol–water partition coefficient (Wildman–Crippen LogP) is 2.85. The highest BCUT2D eigenvalue weighted by Crippen LogP contribution is 2.19. The zero-order valence-corrected chi connectivity index (χ0v) is 20.4. The van der Waals surface area contributed by atoms with E-state index in [4.69, 9.17) is 4.74 Å². The van der Waals surface area contributed by atoms with Crippen molar-refractivity contribution in [3.8, 4) is 5.75 Å². The minimum absolute atomic E-state index is 0. The van der Waals surface area contributed by atoms with Gasteiger partial charge in [0.2, 0.25) is 0 Å². The van der Waals surface area contributed by atoms with Gasteiger partial charge in [-0.05, 0) is 52.1 Å². The molecule has 0 amide bonds. The van der Waals surface area contributed by atoms with E-state index in [0.717, 1.165) is 13.0 Å². The van der Waals surface area contributed by atoms with Gasteiger partial charge in [0.15, 0.2) is 5.96 Å². The standard InChI is InChI=1S/C20H34F2N4O3.HI/c1-5-23-20(24-13-17(28-6-2)11-12-26(3)4)25-14-18(27)15-7-9-16(10-8-15)29-19(21)22;/h7-10,17-19,27H,5-6,11-14H2,1-4H3,(H2,23,24,25);1H. The topological polar surface area (TPSA) is 78.4 Å². The molecular weight excluding hydrogens is 509 g/mol. The lowest BCUT2D eigenvalue weighted by Gasteiger charge is -2.19. The van der Waals surface area contributed by atoms with Gasteiger partial charge in [-0.3, -0.25) is 4.99 Å². The molecule has 0 saturated carbocycles. The Balaban J connectivity index is 0.00000841. The van der Waals surface area contributed by atoms with E-state index in [2.05, 4.69) is 25.3 Å². The highest BCUT2D eigenvalue weighted by Gasteiger charge is 2.12. The van der Waals surface area contributed by atoms with Crippen molar-refractivity contribution in [2.24, 2.45) is 4.99 Å². The summed E-state index contributed by atoms with van der Waals surface area (Å²) in [5, 5.41) is 16.6. The molecule has 30 heavy (non-hydrogen) atoms. The Morgan fingerprint density at radius 1 is 1.17 bits per heavy atom. The fraction of sp³-hybridized carbons (Fsp3) is 0.650. The number of nitrogens with zero attached hydrogens (tertiary/aromatic N) is 2. The minimum atomic E-state index is -2.87. The van der Waals surface area contributed by atoms with E-state index in [1.165, 1.54) is 12.1 Å². The van der Waals surface area contributed by atoms with Crippen molar-refractivity contribution in [3.63, 3.8) is 0 Å². The minimum Gasteiger partial charge on any atom is -0.435 e. The lowest BCUT2D eigenvalue weighted by Crippen LogP contribution is -2.40. The first-order valence-corrected chi connectivity index (χ1v) is 9.87. The van der Waals surface area contributed by atoms with Gasteiger partial charge in [0.05, 0.1) is 18.8 Å². The number of rotatable bonds is 13. The van der Waals surface area contributed by atoms with Gasteiger partial charge in [-0.2, -0.15) is 8.78 Å². The van der Waals surface area contributed by atoms with Gasteiger partial charge in [0.25, 0.3) is 0 Å². The smallest absolute Gasteiger partial charge is 0.387 e. The Hall–Kier alpha value is -1.24. The Morgan fingerprint density at radius 2 is 1.83 bits per heavy atom. The molecule has 1 rings (SSSR count). The van der Waals surface area contributed by atoms with Crippen LogP contribution in [0.3, 0.4) is 0 Å². The van der Waals surface area contributed by atoms with Crippen LogP contribution >= 0.6 is 24.0 Å². The largest absolute Gasteiger partial charge is 0.435 e.